The second kappa shape index (κ2) is 5.87. The molecule has 0 radical (unpaired) electrons. The molecule has 0 bridgehead atoms. The Morgan fingerprint density at radius 2 is 2.39 bits per heavy atom. The molecule has 4 nitrogen and oxygen atoms in total. The van der Waals surface area contributed by atoms with Gasteiger partial charge in [-0.1, -0.05) is 31.9 Å². The first kappa shape index (κ1) is 12.9. The van der Waals surface area contributed by atoms with Gasteiger partial charge in [0.15, 0.2) is 5.76 Å². The van der Waals surface area contributed by atoms with Gasteiger partial charge >= 0.3 is 0 Å². The van der Waals surface area contributed by atoms with Gasteiger partial charge in [-0.2, -0.15) is 0 Å². The molecule has 0 saturated carbocycles. The van der Waals surface area contributed by atoms with E-state index in [1.54, 1.807) is 12.1 Å². The van der Waals surface area contributed by atoms with Gasteiger partial charge in [0.2, 0.25) is 0 Å². The lowest BCUT2D eigenvalue weighted by atomic mass is 10.1. The van der Waals surface area contributed by atoms with Crippen LogP contribution in [0.2, 0.25) is 0 Å². The third-order valence-corrected chi connectivity index (χ3v) is 3.20. The molecule has 1 aromatic rings. The highest BCUT2D eigenvalue weighted by Gasteiger charge is 2.27. The van der Waals surface area contributed by atoms with E-state index < -0.39 is 0 Å². The Balaban J connectivity index is 2.04. The average molecular weight is 249 g/mol. The van der Waals surface area contributed by atoms with Crippen molar-refractivity contribution in [2.45, 2.75) is 38.8 Å². The molecular weight excluding hydrogens is 230 g/mol. The van der Waals surface area contributed by atoms with Crippen LogP contribution in [-0.4, -0.2) is 28.5 Å². The minimum atomic E-state index is -0.176. The zero-order valence-electron chi connectivity index (χ0n) is 10.6. The number of amides is 1. The fourth-order valence-electron chi connectivity index (χ4n) is 2.19. The predicted octanol–water partition coefficient (Wildman–Crippen LogP) is 2.34. The molecule has 1 atom stereocenters. The fraction of sp³-hybridized carbons (Fsp3) is 0.500. The third-order valence-electron chi connectivity index (χ3n) is 3.20. The lowest BCUT2D eigenvalue weighted by Gasteiger charge is -2.23. The molecule has 1 unspecified atom stereocenters. The Morgan fingerprint density at radius 1 is 1.56 bits per heavy atom. The van der Waals surface area contributed by atoms with Crippen LogP contribution >= 0.6 is 0 Å². The molecule has 1 aliphatic heterocycles. The van der Waals surface area contributed by atoms with Crippen LogP contribution in [0.25, 0.3) is 0 Å². The molecule has 0 aromatic carbocycles. The van der Waals surface area contributed by atoms with Crippen LogP contribution in [0.4, 0.5) is 0 Å². The number of nitrogens with zero attached hydrogens (tertiary/aromatic N) is 1. The highest BCUT2D eigenvalue weighted by Crippen LogP contribution is 2.20. The average Bonchev–Trinajstić information content (AvgIpc) is 3.04. The molecule has 1 N–H and O–H groups in total. The quantitative estimate of drug-likeness (QED) is 0.815. The highest BCUT2D eigenvalue weighted by molar-refractivity contribution is 5.92. The Bertz CT molecular complexity index is 436. The van der Waals surface area contributed by atoms with Crippen LogP contribution in [-0.2, 0) is 6.61 Å². The molecular formula is C14H19NO3. The number of hydrogen-bond donors (Lipinski definition) is 1. The Kier molecular flexibility index (Phi) is 4.20. The highest BCUT2D eigenvalue weighted by atomic mass is 16.4. The van der Waals surface area contributed by atoms with Gasteiger partial charge < -0.3 is 14.4 Å². The van der Waals surface area contributed by atoms with Crippen molar-refractivity contribution in [1.82, 2.24) is 4.90 Å². The number of carbonyl (C=O) groups excluding carboxylic acids is 1. The van der Waals surface area contributed by atoms with E-state index in [-0.39, 0.29) is 18.6 Å². The number of furan rings is 1. The van der Waals surface area contributed by atoms with Crippen molar-refractivity contribution in [3.05, 3.63) is 35.8 Å². The van der Waals surface area contributed by atoms with Crippen LogP contribution in [0.15, 0.2) is 28.7 Å². The zero-order chi connectivity index (χ0) is 13.0. The van der Waals surface area contributed by atoms with Crippen LogP contribution in [0.1, 0.15) is 42.5 Å². The molecule has 0 spiro atoms. The zero-order valence-corrected chi connectivity index (χ0v) is 10.6. The third kappa shape index (κ3) is 2.64. The lowest BCUT2D eigenvalue weighted by molar-refractivity contribution is 0.0706. The molecule has 0 saturated heterocycles. The van der Waals surface area contributed by atoms with Crippen LogP contribution in [0.3, 0.4) is 0 Å². The summed E-state index contributed by atoms with van der Waals surface area (Å²) in [5.74, 6) is 0.640. The topological polar surface area (TPSA) is 53.7 Å². The summed E-state index contributed by atoms with van der Waals surface area (Å²) < 4.78 is 5.29. The van der Waals surface area contributed by atoms with E-state index in [1.165, 1.54) is 0 Å². The van der Waals surface area contributed by atoms with E-state index in [0.29, 0.717) is 18.1 Å². The maximum absolute atomic E-state index is 12.3. The lowest BCUT2D eigenvalue weighted by Crippen LogP contribution is -2.35. The molecule has 0 fully saturated rings. The van der Waals surface area contributed by atoms with Gasteiger partial charge in [0.05, 0.1) is 6.04 Å². The largest absolute Gasteiger partial charge is 0.453 e. The number of carbonyl (C=O) groups is 1. The molecule has 1 aliphatic rings. The second-order valence-electron chi connectivity index (χ2n) is 4.52. The van der Waals surface area contributed by atoms with Crippen molar-refractivity contribution in [2.24, 2.45) is 0 Å². The van der Waals surface area contributed by atoms with Gasteiger partial charge in [-0.3, -0.25) is 4.79 Å². The van der Waals surface area contributed by atoms with Gasteiger partial charge in [0, 0.05) is 6.54 Å². The number of rotatable bonds is 5. The van der Waals surface area contributed by atoms with E-state index in [2.05, 4.69) is 13.0 Å². The monoisotopic (exact) mass is 249 g/mol. The van der Waals surface area contributed by atoms with Crippen LogP contribution in [0, 0.1) is 0 Å². The summed E-state index contributed by atoms with van der Waals surface area (Å²) in [5, 5.41) is 8.94. The van der Waals surface area contributed by atoms with Crippen molar-refractivity contribution >= 4 is 5.91 Å². The summed E-state index contributed by atoms with van der Waals surface area (Å²) in [4.78, 5) is 14.1. The van der Waals surface area contributed by atoms with Gasteiger partial charge in [0.1, 0.15) is 12.4 Å². The first-order chi connectivity index (χ1) is 8.76. The van der Waals surface area contributed by atoms with E-state index in [0.717, 1.165) is 19.3 Å². The summed E-state index contributed by atoms with van der Waals surface area (Å²) >= 11 is 0. The molecule has 2 heterocycles. The first-order valence-electron chi connectivity index (χ1n) is 6.43. The van der Waals surface area contributed by atoms with Crippen LogP contribution < -0.4 is 0 Å². The molecule has 0 aliphatic carbocycles. The maximum Gasteiger partial charge on any atom is 0.290 e. The Hall–Kier alpha value is -1.55. The van der Waals surface area contributed by atoms with Crippen molar-refractivity contribution in [3.63, 3.8) is 0 Å². The van der Waals surface area contributed by atoms with E-state index >= 15 is 0 Å². The predicted molar refractivity (Wildman–Crippen MR) is 68.1 cm³/mol. The first-order valence-corrected chi connectivity index (χ1v) is 6.43. The summed E-state index contributed by atoms with van der Waals surface area (Å²) in [6, 6.07) is 3.45. The summed E-state index contributed by atoms with van der Waals surface area (Å²) in [7, 11) is 0. The number of aliphatic hydroxyl groups is 1. The molecule has 1 aromatic heterocycles. The van der Waals surface area contributed by atoms with E-state index in [9.17, 15) is 4.79 Å². The van der Waals surface area contributed by atoms with Crippen molar-refractivity contribution in [3.8, 4) is 0 Å². The second-order valence-corrected chi connectivity index (χ2v) is 4.52. The van der Waals surface area contributed by atoms with Gasteiger partial charge in [-0.05, 0) is 18.6 Å². The maximum atomic E-state index is 12.3. The summed E-state index contributed by atoms with van der Waals surface area (Å²) in [6.45, 7) is 2.61. The molecule has 98 valence electrons. The van der Waals surface area contributed by atoms with Gasteiger partial charge in [-0.25, -0.2) is 0 Å². The van der Waals surface area contributed by atoms with Gasteiger partial charge in [-0.15, -0.1) is 0 Å². The standard InChI is InChI=1S/C14H19NO3/c1-2-3-5-11-6-4-9-15(11)14(17)13-8-7-12(10-16)18-13/h4,6-8,11,16H,2-3,5,9-10H2,1H3. The fourth-order valence-corrected chi connectivity index (χ4v) is 2.19. The SMILES string of the molecule is CCCCC1C=CCN1C(=O)c1ccc(CO)o1. The van der Waals surface area contributed by atoms with Crippen LogP contribution in [0.5, 0.6) is 0 Å². The van der Waals surface area contributed by atoms with Crippen molar-refractivity contribution in [2.75, 3.05) is 6.54 Å². The van der Waals surface area contributed by atoms with Crippen molar-refractivity contribution < 1.29 is 14.3 Å². The summed E-state index contributed by atoms with van der Waals surface area (Å²) in [6.07, 6.45) is 7.34. The number of hydrogen-bond acceptors (Lipinski definition) is 3. The van der Waals surface area contributed by atoms with Crippen molar-refractivity contribution in [1.29, 1.82) is 0 Å². The molecule has 1 amide bonds. The van der Waals surface area contributed by atoms with E-state index in [1.807, 2.05) is 11.0 Å². The molecule has 18 heavy (non-hydrogen) atoms. The molecule has 2 rings (SSSR count). The van der Waals surface area contributed by atoms with E-state index in [4.69, 9.17) is 9.52 Å². The normalized spacial score (nSPS) is 18.6. The minimum Gasteiger partial charge on any atom is -0.453 e. The van der Waals surface area contributed by atoms with Gasteiger partial charge in [0.25, 0.3) is 5.91 Å². The number of aliphatic hydroxyl groups excluding tert-OH is 1. The minimum absolute atomic E-state index is 0.0965. The Labute approximate surface area is 107 Å². The molecule has 4 heteroatoms. The number of unbranched alkanes of at least 4 members (excludes halogenated alkanes) is 1. The smallest absolute Gasteiger partial charge is 0.290 e. The Morgan fingerprint density at radius 3 is 3.06 bits per heavy atom. The summed E-state index contributed by atoms with van der Waals surface area (Å²) in [5.41, 5.74) is 0.